The van der Waals surface area contributed by atoms with Crippen molar-refractivity contribution in [1.82, 2.24) is 4.98 Å². The lowest BCUT2D eigenvalue weighted by atomic mass is 10.2. The normalized spacial score (nSPS) is 11.9. The molecule has 0 spiro atoms. The average molecular weight is 215 g/mol. The molecule has 1 aromatic heterocycles. The van der Waals surface area contributed by atoms with Gasteiger partial charge in [0.05, 0.1) is 5.52 Å². The highest BCUT2D eigenvalue weighted by molar-refractivity contribution is 5.80. The Morgan fingerprint density at radius 2 is 1.87 bits per heavy atom. The predicted octanol–water partition coefficient (Wildman–Crippen LogP) is 2.21. The summed E-state index contributed by atoms with van der Waals surface area (Å²) >= 11 is 0. The van der Waals surface area contributed by atoms with Gasteiger partial charge in [-0.2, -0.15) is 18.2 Å². The zero-order valence-electron chi connectivity index (χ0n) is 7.21. The quantitative estimate of drug-likeness (QED) is 0.676. The first-order valence-corrected chi connectivity index (χ1v) is 3.95. The van der Waals surface area contributed by atoms with Gasteiger partial charge in [-0.15, -0.1) is 0 Å². The van der Waals surface area contributed by atoms with Gasteiger partial charge in [-0.05, 0) is 12.1 Å². The van der Waals surface area contributed by atoms with Crippen LogP contribution in [0.3, 0.4) is 0 Å². The van der Waals surface area contributed by atoms with Gasteiger partial charge in [0.25, 0.3) is 0 Å². The van der Waals surface area contributed by atoms with Crippen molar-refractivity contribution < 1.29 is 17.6 Å². The Bertz CT molecular complexity index is 559. The Hall–Kier alpha value is -1.85. The molecule has 0 aliphatic rings. The third kappa shape index (κ3) is 1.70. The van der Waals surface area contributed by atoms with Crippen LogP contribution >= 0.6 is 0 Å². The van der Waals surface area contributed by atoms with Crippen molar-refractivity contribution in [2.75, 3.05) is 0 Å². The van der Waals surface area contributed by atoms with Gasteiger partial charge in [0.1, 0.15) is 0 Å². The van der Waals surface area contributed by atoms with Crippen LogP contribution in [0, 0.1) is 0 Å². The van der Waals surface area contributed by atoms with Crippen LogP contribution in [0.1, 0.15) is 5.76 Å². The molecule has 3 nitrogen and oxygen atoms in total. The lowest BCUT2D eigenvalue weighted by Gasteiger charge is -2.06. The second kappa shape index (κ2) is 3.08. The van der Waals surface area contributed by atoms with Crippen molar-refractivity contribution in [3.8, 4) is 0 Å². The predicted molar refractivity (Wildman–Crippen MR) is 45.3 cm³/mol. The Morgan fingerprint density at radius 1 is 1.20 bits per heavy atom. The fourth-order valence-electron chi connectivity index (χ4n) is 1.24. The summed E-state index contributed by atoms with van der Waals surface area (Å²) in [5.41, 5.74) is -0.0268. The number of rotatable bonds is 0. The Kier molecular flexibility index (Phi) is 1.99. The van der Waals surface area contributed by atoms with Gasteiger partial charge >= 0.3 is 11.9 Å². The van der Waals surface area contributed by atoms with Crippen molar-refractivity contribution >= 4 is 10.9 Å². The summed E-state index contributed by atoms with van der Waals surface area (Å²) in [5.74, 6) is -2.56. The molecular weight excluding hydrogens is 211 g/mol. The molecule has 0 unspecified atom stereocenters. The van der Waals surface area contributed by atoms with Gasteiger partial charge in [-0.25, -0.2) is 4.79 Å². The van der Waals surface area contributed by atoms with Crippen LogP contribution in [0.15, 0.2) is 33.5 Å². The zero-order valence-corrected chi connectivity index (χ0v) is 7.21. The summed E-state index contributed by atoms with van der Waals surface area (Å²) in [6.45, 7) is 0. The summed E-state index contributed by atoms with van der Waals surface area (Å²) in [6, 6.07) is 5.43. The number of aromatic nitrogens is 1. The molecule has 0 N–H and O–H groups in total. The molecule has 0 radical (unpaired) electrons. The molecule has 0 saturated carbocycles. The van der Waals surface area contributed by atoms with Crippen molar-refractivity contribution in [2.24, 2.45) is 0 Å². The van der Waals surface area contributed by atoms with E-state index in [0.717, 1.165) is 0 Å². The summed E-state index contributed by atoms with van der Waals surface area (Å²) in [4.78, 5) is 14.1. The van der Waals surface area contributed by atoms with Gasteiger partial charge in [-0.3, -0.25) is 0 Å². The van der Waals surface area contributed by atoms with E-state index in [9.17, 15) is 18.0 Å². The summed E-state index contributed by atoms with van der Waals surface area (Å²) in [5, 5.41) is -0.218. The van der Waals surface area contributed by atoms with Gasteiger partial charge in [0, 0.05) is 5.39 Å². The molecule has 0 bridgehead atoms. The first kappa shape index (κ1) is 9.70. The number of hydrogen-bond donors (Lipinski definition) is 0. The van der Waals surface area contributed by atoms with Crippen LogP contribution in [0.25, 0.3) is 10.9 Å². The van der Waals surface area contributed by atoms with E-state index in [-0.39, 0.29) is 10.9 Å². The van der Waals surface area contributed by atoms with E-state index in [0.29, 0.717) is 0 Å². The van der Waals surface area contributed by atoms with Crippen LogP contribution in [0.4, 0.5) is 13.2 Å². The van der Waals surface area contributed by atoms with Crippen LogP contribution < -0.4 is 5.76 Å². The molecule has 0 saturated heterocycles. The summed E-state index contributed by atoms with van der Waals surface area (Å²) < 4.78 is 41.4. The highest BCUT2D eigenvalue weighted by atomic mass is 19.4. The Labute approximate surface area is 81.2 Å². The molecule has 1 heterocycles. The number of hydrogen-bond acceptors (Lipinski definition) is 3. The molecule has 0 aliphatic heterocycles. The molecule has 15 heavy (non-hydrogen) atoms. The van der Waals surface area contributed by atoms with E-state index in [4.69, 9.17) is 0 Å². The molecule has 2 rings (SSSR count). The number of halogens is 3. The molecule has 0 aliphatic carbocycles. The van der Waals surface area contributed by atoms with Crippen molar-refractivity contribution in [3.05, 3.63) is 40.6 Å². The SMILES string of the molecule is O=c1nc2ccccc2c(C(F)(F)F)o1. The Morgan fingerprint density at radius 3 is 2.53 bits per heavy atom. The highest BCUT2D eigenvalue weighted by Gasteiger charge is 2.36. The van der Waals surface area contributed by atoms with E-state index in [1.807, 2.05) is 0 Å². The minimum absolute atomic E-state index is 0.0268. The number of para-hydroxylation sites is 1. The second-order valence-electron chi connectivity index (χ2n) is 2.82. The lowest BCUT2D eigenvalue weighted by Crippen LogP contribution is -2.13. The van der Waals surface area contributed by atoms with Crippen LogP contribution in [-0.2, 0) is 6.18 Å². The van der Waals surface area contributed by atoms with E-state index in [1.165, 1.54) is 24.3 Å². The molecule has 2 aromatic rings. The lowest BCUT2D eigenvalue weighted by molar-refractivity contribution is -0.153. The van der Waals surface area contributed by atoms with Gasteiger partial charge < -0.3 is 4.42 Å². The molecular formula is C9H4F3NO2. The van der Waals surface area contributed by atoms with Gasteiger partial charge in [0.15, 0.2) is 0 Å². The van der Waals surface area contributed by atoms with E-state index >= 15 is 0 Å². The maximum atomic E-state index is 12.4. The fraction of sp³-hybridized carbons (Fsp3) is 0.111. The minimum atomic E-state index is -4.69. The molecule has 78 valence electrons. The van der Waals surface area contributed by atoms with E-state index in [1.54, 1.807) is 0 Å². The zero-order chi connectivity index (χ0) is 11.1. The number of fused-ring (bicyclic) bond motifs is 1. The first-order chi connectivity index (χ1) is 6.98. The summed E-state index contributed by atoms with van der Waals surface area (Å²) in [6.07, 6.45) is -4.69. The topological polar surface area (TPSA) is 43.1 Å². The number of nitrogens with zero attached hydrogens (tertiary/aromatic N) is 1. The highest BCUT2D eigenvalue weighted by Crippen LogP contribution is 2.32. The average Bonchev–Trinajstić information content (AvgIpc) is 2.15. The molecule has 0 fully saturated rings. The second-order valence-corrected chi connectivity index (χ2v) is 2.82. The van der Waals surface area contributed by atoms with Crippen molar-refractivity contribution in [1.29, 1.82) is 0 Å². The maximum absolute atomic E-state index is 12.4. The third-order valence-electron chi connectivity index (χ3n) is 1.81. The third-order valence-corrected chi connectivity index (χ3v) is 1.81. The standard InChI is InChI=1S/C9H4F3NO2/c10-9(11,12)7-5-3-1-2-4-6(5)13-8(14)15-7/h1-4H. The van der Waals surface area contributed by atoms with Crippen LogP contribution in [-0.4, -0.2) is 4.98 Å². The van der Waals surface area contributed by atoms with E-state index < -0.39 is 17.7 Å². The fourth-order valence-corrected chi connectivity index (χ4v) is 1.24. The summed E-state index contributed by atoms with van der Waals surface area (Å²) in [7, 11) is 0. The molecule has 1 aromatic carbocycles. The largest absolute Gasteiger partial charge is 0.450 e. The van der Waals surface area contributed by atoms with Gasteiger partial charge in [0.2, 0.25) is 5.76 Å². The molecule has 0 amide bonds. The maximum Gasteiger partial charge on any atom is 0.450 e. The minimum Gasteiger partial charge on any atom is -0.403 e. The van der Waals surface area contributed by atoms with Gasteiger partial charge in [-0.1, -0.05) is 12.1 Å². The Balaban J connectivity index is 2.89. The van der Waals surface area contributed by atoms with Crippen LogP contribution in [0.2, 0.25) is 0 Å². The van der Waals surface area contributed by atoms with Crippen molar-refractivity contribution in [3.63, 3.8) is 0 Å². The van der Waals surface area contributed by atoms with E-state index in [2.05, 4.69) is 9.40 Å². The number of alkyl halides is 3. The monoisotopic (exact) mass is 215 g/mol. The first-order valence-electron chi connectivity index (χ1n) is 3.95. The van der Waals surface area contributed by atoms with Crippen LogP contribution in [0.5, 0.6) is 0 Å². The molecule has 6 heteroatoms. The number of benzene rings is 1. The van der Waals surface area contributed by atoms with Crippen molar-refractivity contribution in [2.45, 2.75) is 6.18 Å². The smallest absolute Gasteiger partial charge is 0.403 e. The molecule has 0 atom stereocenters.